The number of aromatic nitrogens is 3. The van der Waals surface area contributed by atoms with Gasteiger partial charge in [0.05, 0.1) is 25.2 Å². The van der Waals surface area contributed by atoms with Gasteiger partial charge in [0.2, 0.25) is 5.72 Å². The molecule has 3 fully saturated rings. The fraction of sp³-hybridized carbons (Fsp3) is 0.529. The van der Waals surface area contributed by atoms with Crippen molar-refractivity contribution in [2.24, 2.45) is 26.6 Å². The Kier molecular flexibility index (Phi) is 14.1. The van der Waals surface area contributed by atoms with Crippen molar-refractivity contribution in [1.82, 2.24) is 24.3 Å². The molecule has 7 rings (SSSR count). The molecular formula is C34H50FN13O11. The van der Waals surface area contributed by atoms with E-state index in [-0.39, 0.29) is 37.3 Å². The molecule has 2 aromatic heterocycles. The van der Waals surface area contributed by atoms with Crippen molar-refractivity contribution in [1.29, 1.82) is 0 Å². The molecule has 7 heterocycles. The first-order valence-corrected chi connectivity index (χ1v) is 17.4. The molecule has 12 atom stereocenters. The first-order valence-electron chi connectivity index (χ1n) is 17.4. The number of rotatable bonds is 7. The largest absolute Gasteiger partial charge is 0.394 e. The number of azide groups is 1. The van der Waals surface area contributed by atoms with Gasteiger partial charge in [-0.05, 0) is 37.6 Å². The number of fused-ring (bicyclic) bond motifs is 1. The van der Waals surface area contributed by atoms with E-state index >= 15 is 0 Å². The Hall–Kier alpha value is -5.28. The third-order valence-electron chi connectivity index (χ3n) is 9.92. The van der Waals surface area contributed by atoms with Gasteiger partial charge in [-0.2, -0.15) is 0 Å². The molecule has 0 aromatic carbocycles. The van der Waals surface area contributed by atoms with Crippen LogP contribution in [0.2, 0.25) is 0 Å². The summed E-state index contributed by atoms with van der Waals surface area (Å²) in [7, 11) is 0. The summed E-state index contributed by atoms with van der Waals surface area (Å²) in [6.45, 7) is 8.31. The van der Waals surface area contributed by atoms with Crippen LogP contribution in [-0.2, 0) is 14.2 Å². The number of aliphatic imine (C=N–C) groups is 2. The predicted molar refractivity (Wildman–Crippen MR) is 207 cm³/mol. The Morgan fingerprint density at radius 3 is 1.97 bits per heavy atom. The Morgan fingerprint density at radius 2 is 1.46 bits per heavy atom. The molecule has 0 aliphatic carbocycles. The summed E-state index contributed by atoms with van der Waals surface area (Å²) in [6.07, 6.45) is -1.76. The second-order valence-electron chi connectivity index (χ2n) is 13.9. The Labute approximate surface area is 336 Å². The fourth-order valence-electron chi connectivity index (χ4n) is 6.67. The Morgan fingerprint density at radius 1 is 0.898 bits per heavy atom. The lowest BCUT2D eigenvalue weighted by Gasteiger charge is -2.34. The number of halogens is 1. The highest BCUT2D eigenvalue weighted by atomic mass is 19.1. The van der Waals surface area contributed by atoms with Gasteiger partial charge in [-0.25, -0.2) is 24.3 Å². The van der Waals surface area contributed by atoms with Crippen LogP contribution >= 0.6 is 0 Å². The van der Waals surface area contributed by atoms with E-state index in [0.29, 0.717) is 16.9 Å². The van der Waals surface area contributed by atoms with Crippen molar-refractivity contribution in [2.75, 3.05) is 25.6 Å². The van der Waals surface area contributed by atoms with Crippen molar-refractivity contribution < 1.29 is 59.5 Å². The van der Waals surface area contributed by atoms with E-state index in [4.69, 9.17) is 42.0 Å². The first-order chi connectivity index (χ1) is 27.3. The van der Waals surface area contributed by atoms with E-state index in [1.165, 1.54) is 54.5 Å². The van der Waals surface area contributed by atoms with Crippen LogP contribution in [0.3, 0.4) is 0 Å². The molecule has 24 nitrogen and oxygen atoms in total. The number of ether oxygens (including phenoxy) is 3. The molecule has 0 saturated carbocycles. The second kappa shape index (κ2) is 17.9. The third kappa shape index (κ3) is 8.58. The molecule has 5 aliphatic heterocycles. The van der Waals surface area contributed by atoms with Crippen LogP contribution in [0.25, 0.3) is 21.5 Å². The molecule has 25 heteroatoms. The van der Waals surface area contributed by atoms with Gasteiger partial charge in [0.1, 0.15) is 83.3 Å². The summed E-state index contributed by atoms with van der Waals surface area (Å²) in [5.41, 5.74) is 20.2. The minimum Gasteiger partial charge on any atom is -0.394 e. The maximum atomic E-state index is 14.5. The summed E-state index contributed by atoms with van der Waals surface area (Å²) in [6, 6.07) is 1.71. The molecule has 3 saturated heterocycles. The van der Waals surface area contributed by atoms with Crippen molar-refractivity contribution in [3.8, 4) is 0 Å². The van der Waals surface area contributed by atoms with Gasteiger partial charge in [0.15, 0.2) is 24.4 Å². The second-order valence-corrected chi connectivity index (χ2v) is 13.9. The number of amidine groups is 2. The van der Waals surface area contributed by atoms with Crippen LogP contribution in [0, 0.1) is 0 Å². The van der Waals surface area contributed by atoms with Gasteiger partial charge in [-0.15, -0.1) is 0 Å². The first kappa shape index (κ1) is 46.4. The van der Waals surface area contributed by atoms with Crippen molar-refractivity contribution in [3.05, 3.63) is 78.4 Å². The molecule has 0 radical (unpaired) electrons. The van der Waals surface area contributed by atoms with Crippen LogP contribution in [0.15, 0.2) is 83.0 Å². The van der Waals surface area contributed by atoms with Crippen LogP contribution < -0.4 is 17.2 Å². The smallest absolute Gasteiger partial charge is 0.200 e. The van der Waals surface area contributed by atoms with E-state index in [9.17, 15) is 40.1 Å². The van der Waals surface area contributed by atoms with Gasteiger partial charge in [0.25, 0.3) is 0 Å². The number of anilines is 1. The zero-order valence-corrected chi connectivity index (χ0v) is 31.2. The number of hydrogen-bond donors (Lipinski definition) is 11. The summed E-state index contributed by atoms with van der Waals surface area (Å²) in [5, 5.41) is 81.6. The number of nitrogens with zero attached hydrogens (tertiary/aromatic N) is 10. The zero-order chi connectivity index (χ0) is 42.9. The minimum absolute atomic E-state index is 0. The monoisotopic (exact) mass is 835 g/mol. The Balaban J connectivity index is 0.000000194. The van der Waals surface area contributed by atoms with Gasteiger partial charge < -0.3 is 86.6 Å². The van der Waals surface area contributed by atoms with Crippen molar-refractivity contribution in [3.63, 3.8) is 0 Å². The molecule has 5 aliphatic rings. The van der Waals surface area contributed by atoms with Crippen LogP contribution in [0.5, 0.6) is 0 Å². The number of alkyl halides is 1. The van der Waals surface area contributed by atoms with E-state index in [1.807, 2.05) is 0 Å². The van der Waals surface area contributed by atoms with Crippen LogP contribution in [0.1, 0.15) is 27.5 Å². The maximum absolute atomic E-state index is 14.5. The van der Waals surface area contributed by atoms with Crippen molar-refractivity contribution >= 4 is 28.5 Å². The van der Waals surface area contributed by atoms with E-state index < -0.39 is 85.5 Å². The minimum atomic E-state index is -2.05. The van der Waals surface area contributed by atoms with Crippen molar-refractivity contribution in [2.45, 2.75) is 93.6 Å². The molecule has 0 bridgehead atoms. The average molecular weight is 836 g/mol. The molecule has 0 amide bonds. The molecule has 0 spiro atoms. The van der Waals surface area contributed by atoms with E-state index in [1.54, 1.807) is 16.8 Å². The lowest BCUT2D eigenvalue weighted by Crippen LogP contribution is -2.48. The SMILES string of the molecule is C.C=C1N=C(N)C=CN1[C@@H]1O[C@@](CO)(N=[N+]=[N-])C(O)[C@@H]1O.C=C1N=C(N)C=CN1[C@@H]1O[C@H](CO)C(O)[C@]1(C)F.C[C@]1(O)C(O)[C@@H](CO)O[C@H]1n1ccc2c(N)ncnc21. The summed E-state index contributed by atoms with van der Waals surface area (Å²) in [5.74, 6) is 1.20. The summed E-state index contributed by atoms with van der Waals surface area (Å²) < 4.78 is 32.3. The van der Waals surface area contributed by atoms with Crippen LogP contribution in [0.4, 0.5) is 10.2 Å². The normalized spacial score (nSPS) is 36.2. The molecule has 324 valence electrons. The highest BCUT2D eigenvalue weighted by Gasteiger charge is 2.57. The third-order valence-corrected chi connectivity index (χ3v) is 9.92. The topological polar surface area (TPSA) is 378 Å². The molecule has 14 N–H and O–H groups in total. The molecule has 2 aromatic rings. The summed E-state index contributed by atoms with van der Waals surface area (Å²) in [4.78, 5) is 21.0. The van der Waals surface area contributed by atoms with E-state index in [2.05, 4.69) is 43.1 Å². The number of nitrogen functional groups attached to an aromatic ring is 1. The number of aliphatic hydroxyl groups excluding tert-OH is 7. The molecule has 3 unspecified atom stereocenters. The number of aliphatic hydroxyl groups is 8. The maximum Gasteiger partial charge on any atom is 0.200 e. The van der Waals surface area contributed by atoms with Gasteiger partial charge in [0, 0.05) is 23.5 Å². The lowest BCUT2D eigenvalue weighted by molar-refractivity contribution is -0.130. The highest BCUT2D eigenvalue weighted by molar-refractivity contribution is 5.93. The van der Waals surface area contributed by atoms with Gasteiger partial charge in [-0.1, -0.05) is 25.7 Å². The standard InChI is InChI=1S/C12H16N4O4.C11H16FN3O3.C10H14N6O4.CH4/c1-12(19)8(18)7(4-17)20-11(12)16-3-2-6-9(13)14-5-15-10(6)16;1-6-14-8(13)3-4-15(6)10-11(2,12)9(17)7(5-16)18-10;1-5-13-6(11)2-3-16(5)9-7(18)8(19)10(4-17,20-9)14-15-12;/h2-3,5,7-8,11,17-19H,4H2,1H3,(H2,13,14,15);3-4,7,9-10,16-17H,1,5H2,2H3,(H2,13,14);2-3,7-9,17-19H,1,4H2,(H2,11,13);1H4/t7-,8?,11-,12+;7-,9?,10-,11+;7-,8?,9+,10+;/m110./s1. The van der Waals surface area contributed by atoms with Gasteiger partial charge in [-0.3, -0.25) is 0 Å². The quantitative estimate of drug-likeness (QED) is 0.0802. The number of hydrogen-bond acceptors (Lipinski definition) is 21. The zero-order valence-electron chi connectivity index (χ0n) is 31.2. The summed E-state index contributed by atoms with van der Waals surface area (Å²) >= 11 is 0. The highest BCUT2D eigenvalue weighted by Crippen LogP contribution is 2.41. The lowest BCUT2D eigenvalue weighted by atomic mass is 9.96. The molecular weight excluding hydrogens is 785 g/mol. The van der Waals surface area contributed by atoms with Gasteiger partial charge >= 0.3 is 0 Å². The predicted octanol–water partition coefficient (Wildman–Crippen LogP) is -2.18. The number of nitrogens with two attached hydrogens (primary N) is 3. The molecule has 59 heavy (non-hydrogen) atoms. The van der Waals surface area contributed by atoms with Crippen LogP contribution in [-0.4, -0.2) is 163 Å². The fourth-order valence-corrected chi connectivity index (χ4v) is 6.67. The Bertz CT molecular complexity index is 2040. The van der Waals surface area contributed by atoms with E-state index in [0.717, 1.165) is 0 Å². The average Bonchev–Trinajstić information content (AvgIpc) is 3.85.